The monoisotopic (exact) mass is 313 g/mol. The molecule has 2 atom stereocenters. The van der Waals surface area contributed by atoms with Crippen LogP contribution in [-0.2, 0) is 6.42 Å². The molecule has 0 saturated heterocycles. The van der Waals surface area contributed by atoms with Gasteiger partial charge in [-0.1, -0.05) is 35.2 Å². The van der Waals surface area contributed by atoms with E-state index in [9.17, 15) is 4.39 Å². The summed E-state index contributed by atoms with van der Waals surface area (Å²) in [7, 11) is 0. The molecule has 2 N–H and O–H groups in total. The van der Waals surface area contributed by atoms with Gasteiger partial charge in [-0.05, 0) is 61.4 Å². The Balaban J connectivity index is 2.12. The van der Waals surface area contributed by atoms with Gasteiger partial charge in [0, 0.05) is 4.47 Å². The van der Waals surface area contributed by atoms with Crippen LogP contribution in [-0.4, -0.2) is 6.54 Å². The lowest BCUT2D eigenvalue weighted by Crippen LogP contribution is -2.24. The summed E-state index contributed by atoms with van der Waals surface area (Å²) in [4.78, 5) is 0. The maximum Gasteiger partial charge on any atom is 0.126 e. The normalized spacial score (nSPS) is 24.8. The average molecular weight is 314 g/mol. The van der Waals surface area contributed by atoms with E-state index in [0.29, 0.717) is 11.8 Å². The van der Waals surface area contributed by atoms with E-state index in [1.165, 1.54) is 32.1 Å². The summed E-state index contributed by atoms with van der Waals surface area (Å²) < 4.78 is 14.8. The van der Waals surface area contributed by atoms with Crippen LogP contribution in [0.25, 0.3) is 0 Å². The lowest BCUT2D eigenvalue weighted by Gasteiger charge is -2.24. The molecule has 0 bridgehead atoms. The second kappa shape index (κ2) is 6.67. The molecule has 1 aliphatic rings. The highest BCUT2D eigenvalue weighted by atomic mass is 79.9. The first-order valence-electron chi connectivity index (χ1n) is 6.84. The van der Waals surface area contributed by atoms with Gasteiger partial charge in [-0.25, -0.2) is 4.39 Å². The number of hydrogen-bond donors (Lipinski definition) is 1. The molecule has 100 valence electrons. The highest BCUT2D eigenvalue weighted by Crippen LogP contribution is 2.32. The average Bonchev–Trinajstić information content (AvgIpc) is 2.59. The van der Waals surface area contributed by atoms with E-state index in [0.717, 1.165) is 23.0 Å². The molecule has 1 aliphatic carbocycles. The van der Waals surface area contributed by atoms with Crippen LogP contribution >= 0.6 is 15.9 Å². The summed E-state index contributed by atoms with van der Waals surface area (Å²) >= 11 is 3.42. The van der Waals surface area contributed by atoms with E-state index in [1.54, 1.807) is 12.1 Å². The van der Waals surface area contributed by atoms with Crippen LogP contribution in [0, 0.1) is 17.7 Å². The molecule has 1 saturated carbocycles. The third-order valence-electron chi connectivity index (χ3n) is 4.11. The van der Waals surface area contributed by atoms with Crippen molar-refractivity contribution in [2.45, 2.75) is 38.5 Å². The van der Waals surface area contributed by atoms with Gasteiger partial charge in [0.2, 0.25) is 0 Å². The van der Waals surface area contributed by atoms with E-state index < -0.39 is 0 Å². The van der Waals surface area contributed by atoms with Crippen LogP contribution in [0.1, 0.15) is 37.7 Å². The first kappa shape index (κ1) is 14.0. The van der Waals surface area contributed by atoms with E-state index in [1.807, 2.05) is 6.07 Å². The van der Waals surface area contributed by atoms with Crippen LogP contribution in [0.5, 0.6) is 0 Å². The van der Waals surface area contributed by atoms with Crippen molar-refractivity contribution in [3.8, 4) is 0 Å². The Morgan fingerprint density at radius 2 is 1.89 bits per heavy atom. The van der Waals surface area contributed by atoms with E-state index >= 15 is 0 Å². The molecule has 1 aromatic carbocycles. The van der Waals surface area contributed by atoms with Crippen molar-refractivity contribution in [3.05, 3.63) is 34.1 Å². The minimum atomic E-state index is -0.0850. The lowest BCUT2D eigenvalue weighted by atomic mass is 9.83. The summed E-state index contributed by atoms with van der Waals surface area (Å²) in [6, 6.07) is 5.22. The first-order chi connectivity index (χ1) is 8.70. The van der Waals surface area contributed by atoms with E-state index in [4.69, 9.17) is 5.73 Å². The quantitative estimate of drug-likeness (QED) is 0.828. The predicted molar refractivity (Wildman–Crippen MR) is 76.9 cm³/mol. The van der Waals surface area contributed by atoms with Gasteiger partial charge in [-0.3, -0.25) is 0 Å². The Morgan fingerprint density at radius 1 is 1.17 bits per heavy atom. The molecule has 1 aromatic rings. The summed E-state index contributed by atoms with van der Waals surface area (Å²) in [5.74, 6) is 1.02. The summed E-state index contributed by atoms with van der Waals surface area (Å²) in [5.41, 5.74) is 6.71. The molecule has 1 fully saturated rings. The first-order valence-corrected chi connectivity index (χ1v) is 7.64. The fraction of sp³-hybridized carbons (Fsp3) is 0.600. The van der Waals surface area contributed by atoms with Crippen molar-refractivity contribution >= 4 is 15.9 Å². The van der Waals surface area contributed by atoms with Gasteiger partial charge in [0.05, 0.1) is 0 Å². The highest BCUT2D eigenvalue weighted by molar-refractivity contribution is 9.10. The second-order valence-corrected chi connectivity index (χ2v) is 6.25. The van der Waals surface area contributed by atoms with Crippen molar-refractivity contribution in [2.24, 2.45) is 17.6 Å². The Bertz CT molecular complexity index is 394. The van der Waals surface area contributed by atoms with Crippen molar-refractivity contribution in [2.75, 3.05) is 6.54 Å². The zero-order valence-corrected chi connectivity index (χ0v) is 12.3. The summed E-state index contributed by atoms with van der Waals surface area (Å²) in [5, 5.41) is 0. The molecule has 1 nitrogen and oxygen atoms in total. The smallest absolute Gasteiger partial charge is 0.126 e. The molecule has 0 amide bonds. The number of benzene rings is 1. The molecule has 0 heterocycles. The lowest BCUT2D eigenvalue weighted by molar-refractivity contribution is 0.315. The SMILES string of the molecule is NCC1CCCCCC1Cc1cc(Br)ccc1F. The van der Waals surface area contributed by atoms with Crippen LogP contribution < -0.4 is 5.73 Å². The number of halogens is 2. The van der Waals surface area contributed by atoms with Gasteiger partial charge in [0.25, 0.3) is 0 Å². The standard InChI is InChI=1S/C15H21BrFN/c16-14-6-7-15(17)13(9-14)8-11-4-2-1-3-5-12(11)10-18/h6-7,9,11-12H,1-5,8,10,18H2. The molecule has 0 aromatic heterocycles. The van der Waals surface area contributed by atoms with Gasteiger partial charge >= 0.3 is 0 Å². The summed E-state index contributed by atoms with van der Waals surface area (Å²) in [6.07, 6.45) is 7.06. The van der Waals surface area contributed by atoms with Crippen LogP contribution in [0.3, 0.4) is 0 Å². The molecule has 2 unspecified atom stereocenters. The molecule has 3 heteroatoms. The van der Waals surface area contributed by atoms with Gasteiger partial charge in [0.15, 0.2) is 0 Å². The Labute approximate surface area is 117 Å². The van der Waals surface area contributed by atoms with E-state index in [2.05, 4.69) is 15.9 Å². The molecule has 0 radical (unpaired) electrons. The molecular weight excluding hydrogens is 293 g/mol. The summed E-state index contributed by atoms with van der Waals surface area (Å²) in [6.45, 7) is 0.736. The number of nitrogens with two attached hydrogens (primary N) is 1. The minimum absolute atomic E-state index is 0.0850. The molecule has 18 heavy (non-hydrogen) atoms. The van der Waals surface area contributed by atoms with Gasteiger partial charge < -0.3 is 5.73 Å². The van der Waals surface area contributed by atoms with Crippen molar-refractivity contribution in [1.29, 1.82) is 0 Å². The zero-order chi connectivity index (χ0) is 13.0. The largest absolute Gasteiger partial charge is 0.330 e. The molecule has 2 rings (SSSR count). The number of hydrogen-bond acceptors (Lipinski definition) is 1. The Kier molecular flexibility index (Phi) is 5.19. The molecule has 0 spiro atoms. The predicted octanol–water partition coefficient (Wildman–Crippen LogP) is 4.29. The van der Waals surface area contributed by atoms with Crippen molar-refractivity contribution < 1.29 is 4.39 Å². The fourth-order valence-corrected chi connectivity index (χ4v) is 3.43. The Morgan fingerprint density at radius 3 is 2.61 bits per heavy atom. The van der Waals surface area contributed by atoms with Crippen molar-refractivity contribution in [3.63, 3.8) is 0 Å². The highest BCUT2D eigenvalue weighted by Gasteiger charge is 2.23. The maximum atomic E-state index is 13.8. The molecular formula is C15H21BrFN. The van der Waals surface area contributed by atoms with Crippen LogP contribution in [0.15, 0.2) is 22.7 Å². The fourth-order valence-electron chi connectivity index (χ4n) is 3.02. The van der Waals surface area contributed by atoms with Crippen LogP contribution in [0.2, 0.25) is 0 Å². The zero-order valence-electron chi connectivity index (χ0n) is 10.7. The number of rotatable bonds is 3. The second-order valence-electron chi connectivity index (χ2n) is 5.33. The maximum absolute atomic E-state index is 13.8. The van der Waals surface area contributed by atoms with Crippen molar-refractivity contribution in [1.82, 2.24) is 0 Å². The topological polar surface area (TPSA) is 26.0 Å². The third kappa shape index (κ3) is 3.55. The molecule has 0 aliphatic heterocycles. The van der Waals surface area contributed by atoms with E-state index in [-0.39, 0.29) is 5.82 Å². The minimum Gasteiger partial charge on any atom is -0.330 e. The third-order valence-corrected chi connectivity index (χ3v) is 4.60. The van der Waals surface area contributed by atoms with Gasteiger partial charge in [-0.2, -0.15) is 0 Å². The van der Waals surface area contributed by atoms with Crippen LogP contribution in [0.4, 0.5) is 4.39 Å². The Hall–Kier alpha value is -0.410. The van der Waals surface area contributed by atoms with Gasteiger partial charge in [-0.15, -0.1) is 0 Å². The van der Waals surface area contributed by atoms with Gasteiger partial charge in [0.1, 0.15) is 5.82 Å².